The van der Waals surface area contributed by atoms with Gasteiger partial charge in [0.1, 0.15) is 6.04 Å². The van der Waals surface area contributed by atoms with Crippen LogP contribution < -0.4 is 27.4 Å². The summed E-state index contributed by atoms with van der Waals surface area (Å²) in [6, 6.07) is 13.8. The van der Waals surface area contributed by atoms with E-state index >= 15 is 0 Å². The first-order valence-electron chi connectivity index (χ1n) is 10.0. The third kappa shape index (κ3) is 8.45. The van der Waals surface area contributed by atoms with Gasteiger partial charge >= 0.3 is 6.03 Å². The molecule has 9 heteroatoms. The number of nitrogens with one attached hydrogen (secondary N) is 3. The molecule has 0 fully saturated rings. The van der Waals surface area contributed by atoms with E-state index < -0.39 is 29.9 Å². The van der Waals surface area contributed by atoms with Crippen LogP contribution in [0.15, 0.2) is 54.6 Å². The van der Waals surface area contributed by atoms with Crippen molar-refractivity contribution in [2.75, 3.05) is 11.9 Å². The molecule has 2 rings (SSSR count). The number of anilines is 1. The van der Waals surface area contributed by atoms with E-state index in [0.29, 0.717) is 24.1 Å². The highest BCUT2D eigenvalue weighted by atomic mass is 16.3. The number of nitrogens with two attached hydrogens (primary N) is 2. The monoisotopic (exact) mass is 427 g/mol. The van der Waals surface area contributed by atoms with Gasteiger partial charge in [0.15, 0.2) is 0 Å². The molecule has 2 aromatic carbocycles. The lowest BCUT2D eigenvalue weighted by Crippen LogP contribution is -2.50. The zero-order chi connectivity index (χ0) is 22.6. The Labute approximate surface area is 181 Å². The Morgan fingerprint density at radius 2 is 1.61 bits per heavy atom. The second kappa shape index (κ2) is 12.3. The van der Waals surface area contributed by atoms with Crippen molar-refractivity contribution in [3.8, 4) is 0 Å². The summed E-state index contributed by atoms with van der Waals surface area (Å²) in [5.41, 5.74) is 13.3. The number of urea groups is 1. The molecule has 0 aliphatic heterocycles. The first-order valence-corrected chi connectivity index (χ1v) is 10.0. The summed E-state index contributed by atoms with van der Waals surface area (Å²) < 4.78 is 0. The van der Waals surface area contributed by atoms with Crippen molar-refractivity contribution in [3.05, 3.63) is 65.7 Å². The quantitative estimate of drug-likeness (QED) is 0.290. The van der Waals surface area contributed by atoms with E-state index in [1.54, 1.807) is 24.3 Å². The van der Waals surface area contributed by atoms with Crippen molar-refractivity contribution >= 4 is 23.5 Å². The lowest BCUT2D eigenvalue weighted by atomic mass is 10.0. The van der Waals surface area contributed by atoms with Crippen molar-refractivity contribution in [2.45, 2.75) is 38.0 Å². The van der Waals surface area contributed by atoms with Crippen LogP contribution in [0.2, 0.25) is 0 Å². The molecule has 31 heavy (non-hydrogen) atoms. The lowest BCUT2D eigenvalue weighted by Gasteiger charge is -2.21. The Morgan fingerprint density at radius 1 is 0.935 bits per heavy atom. The number of primary amides is 1. The van der Waals surface area contributed by atoms with Crippen molar-refractivity contribution < 1.29 is 19.5 Å². The highest BCUT2D eigenvalue weighted by molar-refractivity contribution is 5.97. The molecule has 0 aliphatic rings. The molecule has 0 bridgehead atoms. The number of rotatable bonds is 11. The minimum absolute atomic E-state index is 0.0981. The molecular weight excluding hydrogens is 398 g/mol. The molecule has 0 unspecified atom stereocenters. The molecule has 0 aromatic heterocycles. The topological polar surface area (TPSA) is 160 Å². The minimum Gasteiger partial charge on any atom is -0.392 e. The smallest absolute Gasteiger partial charge is 0.312 e. The molecular formula is C22H29N5O4. The van der Waals surface area contributed by atoms with E-state index in [4.69, 9.17) is 16.6 Å². The van der Waals surface area contributed by atoms with Gasteiger partial charge in [-0.25, -0.2) is 4.79 Å². The molecule has 0 spiro atoms. The summed E-state index contributed by atoms with van der Waals surface area (Å²) in [7, 11) is 0. The largest absolute Gasteiger partial charge is 0.392 e. The van der Waals surface area contributed by atoms with Gasteiger partial charge in [0.2, 0.25) is 11.8 Å². The van der Waals surface area contributed by atoms with Gasteiger partial charge < -0.3 is 32.5 Å². The zero-order valence-corrected chi connectivity index (χ0v) is 17.2. The molecule has 8 N–H and O–H groups in total. The number of hydrogen-bond acceptors (Lipinski definition) is 5. The highest BCUT2D eigenvalue weighted by Crippen LogP contribution is 2.11. The maximum absolute atomic E-state index is 12.8. The zero-order valence-electron chi connectivity index (χ0n) is 17.2. The van der Waals surface area contributed by atoms with Gasteiger partial charge in [-0.2, -0.15) is 0 Å². The molecule has 0 saturated carbocycles. The van der Waals surface area contributed by atoms with Gasteiger partial charge in [-0.15, -0.1) is 0 Å². The first kappa shape index (κ1) is 23.8. The normalized spacial score (nSPS) is 12.5. The number of amides is 4. The van der Waals surface area contributed by atoms with Crippen LogP contribution in [0, 0.1) is 0 Å². The van der Waals surface area contributed by atoms with E-state index in [-0.39, 0.29) is 19.6 Å². The number of carbonyl (C=O) groups is 3. The van der Waals surface area contributed by atoms with Crippen LogP contribution in [-0.4, -0.2) is 41.6 Å². The molecule has 166 valence electrons. The van der Waals surface area contributed by atoms with E-state index in [9.17, 15) is 14.4 Å². The highest BCUT2D eigenvalue weighted by Gasteiger charge is 2.24. The molecule has 4 amide bonds. The molecule has 0 saturated heterocycles. The first-order chi connectivity index (χ1) is 14.9. The Kier molecular flexibility index (Phi) is 9.47. The number of hydrogen-bond donors (Lipinski definition) is 6. The van der Waals surface area contributed by atoms with E-state index in [1.165, 1.54) is 0 Å². The van der Waals surface area contributed by atoms with Crippen molar-refractivity contribution in [3.63, 3.8) is 0 Å². The molecule has 0 heterocycles. The van der Waals surface area contributed by atoms with Crippen molar-refractivity contribution in [2.24, 2.45) is 11.5 Å². The van der Waals surface area contributed by atoms with E-state index in [0.717, 1.165) is 5.56 Å². The summed E-state index contributed by atoms with van der Waals surface area (Å²) in [5.74, 6) is -0.849. The third-order valence-corrected chi connectivity index (χ3v) is 4.64. The molecule has 9 nitrogen and oxygen atoms in total. The molecule has 0 aliphatic carbocycles. The van der Waals surface area contributed by atoms with Crippen LogP contribution in [0.4, 0.5) is 10.5 Å². The van der Waals surface area contributed by atoms with Crippen LogP contribution >= 0.6 is 0 Å². The van der Waals surface area contributed by atoms with Crippen LogP contribution in [0.5, 0.6) is 0 Å². The Hall–Kier alpha value is -3.43. The number of aliphatic hydroxyl groups excluding tert-OH is 1. The summed E-state index contributed by atoms with van der Waals surface area (Å²) in [6.07, 6.45) is 1.05. The number of benzene rings is 2. The second-order valence-corrected chi connectivity index (χ2v) is 7.13. The predicted octanol–water partition coefficient (Wildman–Crippen LogP) is 0.621. The van der Waals surface area contributed by atoms with Gasteiger partial charge in [-0.05, 0) is 42.5 Å². The van der Waals surface area contributed by atoms with Gasteiger partial charge in [0, 0.05) is 12.2 Å². The molecule has 0 radical (unpaired) electrons. The van der Waals surface area contributed by atoms with E-state index in [1.807, 2.05) is 30.3 Å². The SMILES string of the molecule is NC(=O)NCCC[C@H](NC(=O)[C@@H](N)Cc1ccccc1)C(=O)Nc1ccc(CO)cc1. The van der Waals surface area contributed by atoms with Gasteiger partial charge in [-0.3, -0.25) is 9.59 Å². The number of aliphatic hydroxyl groups is 1. The van der Waals surface area contributed by atoms with Gasteiger partial charge in [-0.1, -0.05) is 42.5 Å². The fraction of sp³-hybridized carbons (Fsp3) is 0.318. The fourth-order valence-electron chi connectivity index (χ4n) is 2.95. The Bertz CT molecular complexity index is 858. The maximum atomic E-state index is 12.8. The molecule has 2 atom stereocenters. The standard InChI is InChI=1S/C22H29N5O4/c23-18(13-15-5-2-1-3-6-15)20(29)27-19(7-4-12-25-22(24)31)21(30)26-17-10-8-16(14-28)9-11-17/h1-3,5-6,8-11,18-19,28H,4,7,12-14,23H2,(H,26,30)(H,27,29)(H3,24,25,31)/t18-,19-/m0/s1. The predicted molar refractivity (Wildman–Crippen MR) is 118 cm³/mol. The summed E-state index contributed by atoms with van der Waals surface area (Å²) in [5, 5.41) is 17.0. The van der Waals surface area contributed by atoms with Crippen LogP contribution in [0.25, 0.3) is 0 Å². The number of carbonyl (C=O) groups excluding carboxylic acids is 3. The van der Waals surface area contributed by atoms with Gasteiger partial charge in [0.25, 0.3) is 0 Å². The second-order valence-electron chi connectivity index (χ2n) is 7.13. The summed E-state index contributed by atoms with van der Waals surface area (Å²) >= 11 is 0. The van der Waals surface area contributed by atoms with Gasteiger partial charge in [0.05, 0.1) is 12.6 Å². The minimum atomic E-state index is -0.846. The van der Waals surface area contributed by atoms with Crippen LogP contribution in [-0.2, 0) is 22.6 Å². The fourth-order valence-corrected chi connectivity index (χ4v) is 2.95. The van der Waals surface area contributed by atoms with E-state index in [2.05, 4.69) is 16.0 Å². The maximum Gasteiger partial charge on any atom is 0.312 e. The Balaban J connectivity index is 2.00. The molecule has 2 aromatic rings. The van der Waals surface area contributed by atoms with Crippen LogP contribution in [0.3, 0.4) is 0 Å². The average Bonchev–Trinajstić information content (AvgIpc) is 2.76. The Morgan fingerprint density at radius 3 is 2.23 bits per heavy atom. The summed E-state index contributed by atoms with van der Waals surface area (Å²) in [6.45, 7) is 0.176. The van der Waals surface area contributed by atoms with Crippen LogP contribution in [0.1, 0.15) is 24.0 Å². The average molecular weight is 428 g/mol. The van der Waals surface area contributed by atoms with Crippen molar-refractivity contribution in [1.82, 2.24) is 10.6 Å². The lowest BCUT2D eigenvalue weighted by molar-refractivity contribution is -0.127. The van der Waals surface area contributed by atoms with Crippen molar-refractivity contribution in [1.29, 1.82) is 0 Å². The third-order valence-electron chi connectivity index (χ3n) is 4.64. The summed E-state index contributed by atoms with van der Waals surface area (Å²) in [4.78, 5) is 36.2.